The molecule has 10 nitrogen and oxygen atoms in total. The maximum Gasteiger partial charge on any atom is 0.408 e. The number of rotatable bonds is 12. The molecule has 35 heavy (non-hydrogen) atoms. The maximum absolute atomic E-state index is 12.0. The van der Waals surface area contributed by atoms with Gasteiger partial charge >= 0.3 is 12.1 Å². The molecule has 1 amide bonds. The molecule has 0 fully saturated rings. The zero-order chi connectivity index (χ0) is 24.9. The number of carbonyl (C=O) groups excluding carboxylic acids is 1. The fourth-order valence-corrected chi connectivity index (χ4v) is 3.21. The molecule has 2 aromatic rings. The molecule has 0 saturated heterocycles. The van der Waals surface area contributed by atoms with Crippen molar-refractivity contribution in [3.05, 3.63) is 65.7 Å². The van der Waals surface area contributed by atoms with Crippen LogP contribution in [0.2, 0.25) is 0 Å². The van der Waals surface area contributed by atoms with E-state index in [1.807, 2.05) is 61.5 Å². The number of ether oxygens (including phenoxy) is 2. The average molecular weight is 482 g/mol. The SMILES string of the molecule is C/C(CCc1ccc(OCCC(NC(=O)OCc2ccccc2)C(=O)O)cc1)=N/NC1=NCCN1. The first-order chi connectivity index (χ1) is 17.0. The van der Waals surface area contributed by atoms with Gasteiger partial charge in [-0.25, -0.2) is 20.0 Å². The maximum atomic E-state index is 12.0. The lowest BCUT2D eigenvalue weighted by atomic mass is 10.1. The number of nitrogens with one attached hydrogen (secondary N) is 3. The third kappa shape index (κ3) is 9.36. The number of aliphatic imine (C=N–C) groups is 1. The van der Waals surface area contributed by atoms with Crippen LogP contribution in [0.5, 0.6) is 5.75 Å². The fourth-order valence-electron chi connectivity index (χ4n) is 3.21. The van der Waals surface area contributed by atoms with E-state index < -0.39 is 18.1 Å². The van der Waals surface area contributed by atoms with Crippen LogP contribution in [0.3, 0.4) is 0 Å². The van der Waals surface area contributed by atoms with Crippen molar-refractivity contribution in [3.8, 4) is 5.75 Å². The highest BCUT2D eigenvalue weighted by atomic mass is 16.5. The normalized spacial score (nSPS) is 13.9. The van der Waals surface area contributed by atoms with Gasteiger partial charge in [0, 0.05) is 18.7 Å². The lowest BCUT2D eigenvalue weighted by Crippen LogP contribution is -2.42. The summed E-state index contributed by atoms with van der Waals surface area (Å²) in [5, 5.41) is 19.2. The Morgan fingerprint density at radius 2 is 1.91 bits per heavy atom. The first-order valence-electron chi connectivity index (χ1n) is 11.5. The number of hydrogen-bond donors (Lipinski definition) is 4. The van der Waals surface area contributed by atoms with E-state index >= 15 is 0 Å². The largest absolute Gasteiger partial charge is 0.494 e. The number of guanidine groups is 1. The van der Waals surface area contributed by atoms with E-state index in [9.17, 15) is 14.7 Å². The van der Waals surface area contributed by atoms with Crippen molar-refractivity contribution in [3.63, 3.8) is 0 Å². The van der Waals surface area contributed by atoms with Crippen LogP contribution < -0.4 is 20.8 Å². The van der Waals surface area contributed by atoms with Gasteiger partial charge in [0.1, 0.15) is 18.4 Å². The van der Waals surface area contributed by atoms with Crippen molar-refractivity contribution < 1.29 is 24.2 Å². The van der Waals surface area contributed by atoms with E-state index in [4.69, 9.17) is 9.47 Å². The number of carboxylic acids is 1. The predicted molar refractivity (Wildman–Crippen MR) is 133 cm³/mol. The number of aryl methyl sites for hydroxylation is 1. The van der Waals surface area contributed by atoms with E-state index in [1.165, 1.54) is 0 Å². The third-order valence-electron chi connectivity index (χ3n) is 5.20. The van der Waals surface area contributed by atoms with Crippen molar-refractivity contribution >= 4 is 23.7 Å². The monoisotopic (exact) mass is 481 g/mol. The smallest absolute Gasteiger partial charge is 0.408 e. The molecule has 0 saturated carbocycles. The summed E-state index contributed by atoms with van der Waals surface area (Å²) in [6.45, 7) is 3.76. The van der Waals surface area contributed by atoms with Gasteiger partial charge in [-0.2, -0.15) is 5.10 Å². The Hall–Kier alpha value is -4.08. The number of carbonyl (C=O) groups is 2. The molecule has 2 aromatic carbocycles. The van der Waals surface area contributed by atoms with Crippen molar-refractivity contribution in [2.75, 3.05) is 19.7 Å². The van der Waals surface area contributed by atoms with E-state index in [0.717, 1.165) is 42.8 Å². The van der Waals surface area contributed by atoms with E-state index in [-0.39, 0.29) is 19.6 Å². The molecule has 1 aliphatic rings. The first-order valence-corrected chi connectivity index (χ1v) is 11.5. The lowest BCUT2D eigenvalue weighted by Gasteiger charge is -2.15. The minimum absolute atomic E-state index is 0.0657. The van der Waals surface area contributed by atoms with Gasteiger partial charge < -0.3 is 25.2 Å². The van der Waals surface area contributed by atoms with Gasteiger partial charge in [-0.3, -0.25) is 0 Å². The van der Waals surface area contributed by atoms with Crippen molar-refractivity contribution in [1.29, 1.82) is 0 Å². The molecule has 0 aromatic heterocycles. The molecule has 3 rings (SSSR count). The van der Waals surface area contributed by atoms with Crippen LogP contribution in [0.1, 0.15) is 30.9 Å². The van der Waals surface area contributed by atoms with Gasteiger partial charge in [-0.15, -0.1) is 0 Å². The summed E-state index contributed by atoms with van der Waals surface area (Å²) in [5.41, 5.74) is 5.84. The molecular formula is C25H31N5O5. The molecule has 0 radical (unpaired) electrons. The highest BCUT2D eigenvalue weighted by Gasteiger charge is 2.20. The second-order valence-corrected chi connectivity index (χ2v) is 7.99. The number of benzene rings is 2. The fraction of sp³-hybridized carbons (Fsp3) is 0.360. The third-order valence-corrected chi connectivity index (χ3v) is 5.20. The Balaban J connectivity index is 1.36. The standard InChI is InChI=1S/C25H31N5O5/c1-18(29-30-24-26-14-15-27-24)7-8-19-9-11-21(12-10-19)34-16-13-22(23(31)32)28-25(33)35-17-20-5-3-2-4-6-20/h2-6,9-12,22H,7-8,13-17H2,1H3,(H,28,33)(H,31,32)(H2,26,27,30)/b29-18-. The summed E-state index contributed by atoms with van der Waals surface area (Å²) < 4.78 is 10.8. The van der Waals surface area contributed by atoms with Crippen LogP contribution >= 0.6 is 0 Å². The number of carboxylic acid groups (broad SMARTS) is 1. The Bertz CT molecular complexity index is 1020. The summed E-state index contributed by atoms with van der Waals surface area (Å²) in [7, 11) is 0. The summed E-state index contributed by atoms with van der Waals surface area (Å²) in [6, 6.07) is 15.7. The number of hydrazone groups is 1. The molecule has 1 aliphatic heterocycles. The molecule has 10 heteroatoms. The van der Waals surface area contributed by atoms with E-state index in [2.05, 4.69) is 26.2 Å². The van der Waals surface area contributed by atoms with Gasteiger partial charge in [-0.05, 0) is 43.0 Å². The molecule has 4 N–H and O–H groups in total. The van der Waals surface area contributed by atoms with Crippen LogP contribution in [0.4, 0.5) is 4.79 Å². The molecular weight excluding hydrogens is 450 g/mol. The summed E-state index contributed by atoms with van der Waals surface area (Å²) >= 11 is 0. The Morgan fingerprint density at radius 3 is 2.60 bits per heavy atom. The van der Waals surface area contributed by atoms with E-state index in [0.29, 0.717) is 11.7 Å². The summed E-state index contributed by atoms with van der Waals surface area (Å²) in [4.78, 5) is 27.7. The minimum atomic E-state index is -1.15. The zero-order valence-corrected chi connectivity index (χ0v) is 19.7. The van der Waals surface area contributed by atoms with Crippen molar-refractivity contribution in [1.82, 2.24) is 16.1 Å². The Morgan fingerprint density at radius 1 is 1.14 bits per heavy atom. The molecule has 186 valence electrons. The first kappa shape index (κ1) is 25.5. The Labute approximate surface area is 204 Å². The zero-order valence-electron chi connectivity index (χ0n) is 19.7. The lowest BCUT2D eigenvalue weighted by molar-refractivity contribution is -0.139. The molecule has 0 spiro atoms. The minimum Gasteiger partial charge on any atom is -0.494 e. The van der Waals surface area contributed by atoms with Crippen LogP contribution in [0.25, 0.3) is 0 Å². The highest BCUT2D eigenvalue weighted by Crippen LogP contribution is 2.14. The molecule has 1 atom stereocenters. The van der Waals surface area contributed by atoms with E-state index in [1.54, 1.807) is 0 Å². The second-order valence-electron chi connectivity index (χ2n) is 7.99. The van der Waals surface area contributed by atoms with Gasteiger partial charge in [0.2, 0.25) is 5.96 Å². The second kappa shape index (κ2) is 13.6. The van der Waals surface area contributed by atoms with Gasteiger partial charge in [-0.1, -0.05) is 42.5 Å². The quantitative estimate of drug-likeness (QED) is 0.271. The van der Waals surface area contributed by atoms with Crippen LogP contribution in [-0.4, -0.2) is 54.6 Å². The van der Waals surface area contributed by atoms with Crippen LogP contribution in [-0.2, 0) is 22.6 Å². The van der Waals surface area contributed by atoms with Gasteiger partial charge in [0.05, 0.1) is 13.2 Å². The number of nitrogens with zero attached hydrogens (tertiary/aromatic N) is 2. The number of alkyl carbamates (subject to hydrolysis) is 1. The average Bonchev–Trinajstić information content (AvgIpc) is 3.39. The number of aliphatic carboxylic acids is 1. The summed E-state index contributed by atoms with van der Waals surface area (Å²) in [5.74, 6) is 0.181. The number of amides is 1. The number of hydrogen-bond acceptors (Lipinski definition) is 8. The van der Waals surface area contributed by atoms with Gasteiger partial charge in [0.25, 0.3) is 0 Å². The molecule has 0 bridgehead atoms. The van der Waals surface area contributed by atoms with Crippen LogP contribution in [0, 0.1) is 0 Å². The predicted octanol–water partition coefficient (Wildman–Crippen LogP) is 2.69. The Kier molecular flexibility index (Phi) is 9.91. The highest BCUT2D eigenvalue weighted by molar-refractivity contribution is 5.86. The topological polar surface area (TPSA) is 134 Å². The van der Waals surface area contributed by atoms with Crippen LogP contribution in [0.15, 0.2) is 64.7 Å². The molecule has 1 heterocycles. The van der Waals surface area contributed by atoms with Crippen molar-refractivity contribution in [2.45, 2.75) is 38.8 Å². The molecule has 0 aliphatic carbocycles. The van der Waals surface area contributed by atoms with Crippen molar-refractivity contribution in [2.24, 2.45) is 10.1 Å². The van der Waals surface area contributed by atoms with Gasteiger partial charge in [0.15, 0.2) is 0 Å². The molecule has 1 unspecified atom stereocenters. The summed E-state index contributed by atoms with van der Waals surface area (Å²) in [6.07, 6.45) is 0.938.